The molecule has 1 aliphatic rings. The van der Waals surface area contributed by atoms with E-state index in [-0.39, 0.29) is 19.0 Å². The number of nitrogens with zero attached hydrogens (tertiary/aromatic N) is 4. The van der Waals surface area contributed by atoms with Gasteiger partial charge in [-0.1, -0.05) is 6.07 Å². The number of pyridine rings is 1. The molecule has 1 saturated heterocycles. The monoisotopic (exact) mass is 401 g/mol. The molecule has 0 spiro atoms. The van der Waals surface area contributed by atoms with Crippen molar-refractivity contribution in [2.75, 3.05) is 19.6 Å². The molecular weight excluding hydrogens is 382 g/mol. The van der Waals surface area contributed by atoms with E-state index in [2.05, 4.69) is 10.3 Å². The molecule has 0 radical (unpaired) electrons. The van der Waals surface area contributed by atoms with Gasteiger partial charge in [-0.15, -0.1) is 12.4 Å². The van der Waals surface area contributed by atoms with E-state index in [4.69, 9.17) is 0 Å². The van der Waals surface area contributed by atoms with E-state index in [0.29, 0.717) is 13.1 Å². The molecule has 2 aromatic heterocycles. The van der Waals surface area contributed by atoms with E-state index in [1.165, 1.54) is 18.4 Å². The molecule has 0 aromatic carbocycles. The van der Waals surface area contributed by atoms with Crippen molar-refractivity contribution in [2.24, 2.45) is 14.1 Å². The van der Waals surface area contributed by atoms with Gasteiger partial charge in [0.25, 0.3) is 15.6 Å². The smallest absolute Gasteiger partial charge is 0.313 e. The first kappa shape index (κ1) is 20.3. The number of halogens is 1. The molecule has 1 atom stereocenters. The van der Waals surface area contributed by atoms with Gasteiger partial charge in [0.1, 0.15) is 0 Å². The van der Waals surface area contributed by atoms with Crippen molar-refractivity contribution in [3.8, 4) is 0 Å². The molecule has 0 saturated carbocycles. The Morgan fingerprint density at radius 1 is 1.27 bits per heavy atom. The first-order valence-corrected chi connectivity index (χ1v) is 9.17. The fraction of sp³-hybridized carbons (Fsp3) is 0.400. The van der Waals surface area contributed by atoms with Crippen LogP contribution in [-0.4, -0.2) is 46.5 Å². The van der Waals surface area contributed by atoms with Crippen molar-refractivity contribution >= 4 is 22.4 Å². The fourth-order valence-corrected chi connectivity index (χ4v) is 4.67. The lowest BCUT2D eigenvalue weighted by atomic mass is 10.1. The fourth-order valence-electron chi connectivity index (χ4n) is 2.91. The molecule has 11 heteroatoms. The minimum Gasteiger partial charge on any atom is -0.313 e. The molecule has 1 unspecified atom stereocenters. The lowest BCUT2D eigenvalue weighted by Crippen LogP contribution is -2.50. The van der Waals surface area contributed by atoms with Gasteiger partial charge in [0.05, 0.1) is 6.04 Å². The van der Waals surface area contributed by atoms with Crippen LogP contribution in [0, 0.1) is 0 Å². The molecule has 0 amide bonds. The second-order valence-corrected chi connectivity index (χ2v) is 7.73. The van der Waals surface area contributed by atoms with Gasteiger partial charge < -0.3 is 9.88 Å². The zero-order valence-electron chi connectivity index (χ0n) is 14.3. The number of hydrogen-bond acceptors (Lipinski definition) is 6. The Morgan fingerprint density at radius 2 is 2.00 bits per heavy atom. The van der Waals surface area contributed by atoms with E-state index in [9.17, 15) is 18.0 Å². The average molecular weight is 402 g/mol. The van der Waals surface area contributed by atoms with Crippen LogP contribution in [0.5, 0.6) is 0 Å². The molecular formula is C15H20ClN5O4S. The molecule has 3 rings (SSSR count). The topological polar surface area (TPSA) is 106 Å². The highest BCUT2D eigenvalue weighted by atomic mass is 35.5. The first-order valence-electron chi connectivity index (χ1n) is 7.73. The Bertz CT molecular complexity index is 1000. The van der Waals surface area contributed by atoms with E-state index >= 15 is 0 Å². The standard InChI is InChI=1S/C15H19N5O4S.ClH/c1-18-10-13(14(21)19(2)15(18)22)25(23,24)20-7-6-17-9-12(20)11-4-3-5-16-8-11;/h3-5,8,10,12,17H,6-7,9H2,1-2H3;1H. The second kappa shape index (κ2) is 7.70. The van der Waals surface area contributed by atoms with Gasteiger partial charge in [0, 0.05) is 52.3 Å². The lowest BCUT2D eigenvalue weighted by Gasteiger charge is -2.35. The SMILES string of the molecule is Cl.Cn1cc(S(=O)(=O)N2CCNCC2c2cccnc2)c(=O)n(C)c1=O. The summed E-state index contributed by atoms with van der Waals surface area (Å²) in [7, 11) is -1.40. The van der Waals surface area contributed by atoms with Crippen molar-refractivity contribution in [1.29, 1.82) is 0 Å². The highest BCUT2D eigenvalue weighted by molar-refractivity contribution is 7.89. The van der Waals surface area contributed by atoms with E-state index < -0.39 is 32.2 Å². The van der Waals surface area contributed by atoms with Crippen molar-refractivity contribution < 1.29 is 8.42 Å². The Kier molecular flexibility index (Phi) is 6.02. The van der Waals surface area contributed by atoms with Gasteiger partial charge in [-0.3, -0.25) is 14.3 Å². The Labute approximate surface area is 156 Å². The third-order valence-corrected chi connectivity index (χ3v) is 6.16. The van der Waals surface area contributed by atoms with E-state index in [1.54, 1.807) is 24.5 Å². The number of aryl methyl sites for hydroxylation is 1. The lowest BCUT2D eigenvalue weighted by molar-refractivity contribution is 0.270. The molecule has 9 nitrogen and oxygen atoms in total. The predicted octanol–water partition coefficient (Wildman–Crippen LogP) is -0.764. The summed E-state index contributed by atoms with van der Waals surface area (Å²) < 4.78 is 29.5. The maximum atomic E-state index is 13.2. The summed E-state index contributed by atoms with van der Waals surface area (Å²) in [5, 5.41) is 3.16. The molecule has 0 bridgehead atoms. The van der Waals surface area contributed by atoms with Crippen LogP contribution in [0.4, 0.5) is 0 Å². The quantitative estimate of drug-likeness (QED) is 0.724. The summed E-state index contributed by atoms with van der Waals surface area (Å²) in [6.07, 6.45) is 4.31. The molecule has 1 N–H and O–H groups in total. The number of sulfonamides is 1. The van der Waals surface area contributed by atoms with E-state index in [1.807, 2.05) is 0 Å². The van der Waals surface area contributed by atoms with E-state index in [0.717, 1.165) is 20.9 Å². The molecule has 0 aliphatic carbocycles. The predicted molar refractivity (Wildman–Crippen MR) is 97.9 cm³/mol. The van der Waals surface area contributed by atoms with Gasteiger partial charge in [0.15, 0.2) is 4.90 Å². The van der Waals surface area contributed by atoms with Crippen molar-refractivity contribution in [1.82, 2.24) is 23.7 Å². The molecule has 3 heterocycles. The van der Waals surface area contributed by atoms with Crippen molar-refractivity contribution in [3.05, 3.63) is 57.1 Å². The van der Waals surface area contributed by atoms with Crippen molar-refractivity contribution in [2.45, 2.75) is 10.9 Å². The number of nitrogens with one attached hydrogen (secondary N) is 1. The largest absolute Gasteiger partial charge is 0.330 e. The summed E-state index contributed by atoms with van der Waals surface area (Å²) in [5.74, 6) is 0. The summed E-state index contributed by atoms with van der Waals surface area (Å²) in [4.78, 5) is 27.9. The third kappa shape index (κ3) is 3.45. The Balaban J connectivity index is 0.00000243. The van der Waals surface area contributed by atoms with Crippen LogP contribution >= 0.6 is 12.4 Å². The van der Waals surface area contributed by atoms with Crippen LogP contribution in [0.2, 0.25) is 0 Å². The zero-order valence-corrected chi connectivity index (χ0v) is 16.0. The van der Waals surface area contributed by atoms with Crippen LogP contribution in [0.1, 0.15) is 11.6 Å². The van der Waals surface area contributed by atoms with Crippen LogP contribution in [0.15, 0.2) is 45.2 Å². The summed E-state index contributed by atoms with van der Waals surface area (Å²) in [6.45, 7) is 1.10. The minimum absolute atomic E-state index is 0. The number of aromatic nitrogens is 3. The third-order valence-electron chi connectivity index (χ3n) is 4.27. The highest BCUT2D eigenvalue weighted by Gasteiger charge is 2.36. The number of rotatable bonds is 3. The maximum Gasteiger partial charge on any atom is 0.330 e. The maximum absolute atomic E-state index is 13.2. The van der Waals surface area contributed by atoms with Gasteiger partial charge in [-0.25, -0.2) is 13.2 Å². The number of hydrogen-bond donors (Lipinski definition) is 1. The zero-order chi connectivity index (χ0) is 18.2. The summed E-state index contributed by atoms with van der Waals surface area (Å²) in [5.41, 5.74) is -0.667. The first-order chi connectivity index (χ1) is 11.8. The Morgan fingerprint density at radius 3 is 2.65 bits per heavy atom. The van der Waals surface area contributed by atoms with Crippen LogP contribution in [-0.2, 0) is 24.1 Å². The second-order valence-electron chi connectivity index (χ2n) is 5.87. The molecule has 26 heavy (non-hydrogen) atoms. The van der Waals surface area contributed by atoms with Crippen LogP contribution < -0.4 is 16.6 Å². The van der Waals surface area contributed by atoms with Crippen LogP contribution in [0.25, 0.3) is 0 Å². The average Bonchev–Trinajstić information content (AvgIpc) is 2.63. The van der Waals surface area contributed by atoms with Crippen molar-refractivity contribution in [3.63, 3.8) is 0 Å². The summed E-state index contributed by atoms with van der Waals surface area (Å²) in [6, 6.07) is 3.06. The Hall–Kier alpha value is -2.01. The van der Waals surface area contributed by atoms with Crippen LogP contribution in [0.3, 0.4) is 0 Å². The molecule has 1 aliphatic heterocycles. The van der Waals surface area contributed by atoms with Gasteiger partial charge in [0.2, 0.25) is 0 Å². The number of piperazine rings is 1. The highest BCUT2D eigenvalue weighted by Crippen LogP contribution is 2.27. The normalized spacial score (nSPS) is 18.3. The molecule has 1 fully saturated rings. The van der Waals surface area contributed by atoms with Gasteiger partial charge in [-0.05, 0) is 11.6 Å². The summed E-state index contributed by atoms with van der Waals surface area (Å²) >= 11 is 0. The minimum atomic E-state index is -4.08. The van der Waals surface area contributed by atoms with Gasteiger partial charge in [-0.2, -0.15) is 4.31 Å². The van der Waals surface area contributed by atoms with Gasteiger partial charge >= 0.3 is 5.69 Å². The molecule has 142 valence electrons. The molecule has 2 aromatic rings.